The molecule has 0 aliphatic carbocycles. The van der Waals surface area contributed by atoms with Crippen LogP contribution in [0.2, 0.25) is 0 Å². The van der Waals surface area contributed by atoms with Gasteiger partial charge in [-0.1, -0.05) is 30.3 Å². The Balaban J connectivity index is 1.39. The van der Waals surface area contributed by atoms with Crippen molar-refractivity contribution in [3.8, 4) is 0 Å². The largest absolute Gasteiger partial charge is 0.341 e. The number of benzene rings is 1. The lowest BCUT2D eigenvalue weighted by Crippen LogP contribution is -2.42. The molecular formula is C21H29N5O2. The molecule has 2 aromatic rings. The SMILES string of the molecule is C[C@H](C(=O)N1CCC(CCC(=O)N(C)Cc2ccccc2)CC1)n1cncn1. The minimum atomic E-state index is -0.327. The van der Waals surface area contributed by atoms with E-state index in [0.717, 1.165) is 37.9 Å². The number of hydrogen-bond acceptors (Lipinski definition) is 4. The van der Waals surface area contributed by atoms with Crippen LogP contribution in [0.1, 0.15) is 44.2 Å². The topological polar surface area (TPSA) is 71.3 Å². The summed E-state index contributed by atoms with van der Waals surface area (Å²) in [5.41, 5.74) is 1.15. The third-order valence-electron chi connectivity index (χ3n) is 5.57. The molecule has 1 aromatic carbocycles. The molecule has 7 heteroatoms. The van der Waals surface area contributed by atoms with E-state index in [0.29, 0.717) is 18.9 Å². The summed E-state index contributed by atoms with van der Waals surface area (Å²) in [5, 5.41) is 4.06. The van der Waals surface area contributed by atoms with Crippen molar-refractivity contribution in [2.45, 2.75) is 45.2 Å². The minimum Gasteiger partial charge on any atom is -0.341 e. The summed E-state index contributed by atoms with van der Waals surface area (Å²) < 4.78 is 1.59. The molecule has 2 amide bonds. The number of aromatic nitrogens is 3. The highest BCUT2D eigenvalue weighted by atomic mass is 16.2. The number of carbonyl (C=O) groups is 2. The minimum absolute atomic E-state index is 0.0858. The number of rotatable bonds is 7. The van der Waals surface area contributed by atoms with E-state index in [1.165, 1.54) is 6.33 Å². The van der Waals surface area contributed by atoms with E-state index >= 15 is 0 Å². The molecule has 0 unspecified atom stereocenters. The number of amides is 2. The molecule has 150 valence electrons. The van der Waals surface area contributed by atoms with Crippen LogP contribution in [0, 0.1) is 5.92 Å². The van der Waals surface area contributed by atoms with Crippen LogP contribution in [0.15, 0.2) is 43.0 Å². The van der Waals surface area contributed by atoms with Crippen LogP contribution in [0.4, 0.5) is 0 Å². The van der Waals surface area contributed by atoms with Gasteiger partial charge in [0.2, 0.25) is 11.8 Å². The van der Waals surface area contributed by atoms with Crippen LogP contribution in [0.25, 0.3) is 0 Å². The van der Waals surface area contributed by atoms with E-state index in [1.807, 2.05) is 49.2 Å². The average molecular weight is 383 g/mol. The van der Waals surface area contributed by atoms with Gasteiger partial charge >= 0.3 is 0 Å². The maximum Gasteiger partial charge on any atom is 0.247 e. The third kappa shape index (κ3) is 5.18. The lowest BCUT2D eigenvalue weighted by molar-refractivity contribution is -0.136. The van der Waals surface area contributed by atoms with Gasteiger partial charge in [0, 0.05) is 33.1 Å². The molecule has 1 fully saturated rings. The van der Waals surface area contributed by atoms with Gasteiger partial charge < -0.3 is 9.80 Å². The van der Waals surface area contributed by atoms with Crippen molar-refractivity contribution in [1.82, 2.24) is 24.6 Å². The Kier molecular flexibility index (Phi) is 6.79. The molecule has 1 saturated heterocycles. The maximum atomic E-state index is 12.6. The number of piperidine rings is 1. The molecular weight excluding hydrogens is 354 g/mol. The quantitative estimate of drug-likeness (QED) is 0.737. The fourth-order valence-corrected chi connectivity index (χ4v) is 3.70. The molecule has 0 N–H and O–H groups in total. The fourth-order valence-electron chi connectivity index (χ4n) is 3.70. The standard InChI is InChI=1S/C21H29N5O2/c1-17(26-16-22-15-23-26)21(28)25-12-10-18(11-13-25)8-9-20(27)24(2)14-19-6-4-3-5-7-19/h3-7,15-18H,8-14H2,1-2H3/t17-/m1/s1. The second kappa shape index (κ2) is 9.48. The molecule has 0 saturated carbocycles. The second-order valence-corrected chi connectivity index (χ2v) is 7.59. The Labute approximate surface area is 166 Å². The molecule has 0 spiro atoms. The molecule has 7 nitrogen and oxygen atoms in total. The van der Waals surface area contributed by atoms with Crippen LogP contribution >= 0.6 is 0 Å². The van der Waals surface area contributed by atoms with Gasteiger partial charge in [-0.3, -0.25) is 9.59 Å². The van der Waals surface area contributed by atoms with Crippen molar-refractivity contribution in [3.63, 3.8) is 0 Å². The predicted molar refractivity (Wildman–Crippen MR) is 106 cm³/mol. The Morgan fingerprint density at radius 1 is 1.21 bits per heavy atom. The molecule has 1 aliphatic heterocycles. The number of hydrogen-bond donors (Lipinski definition) is 0. The fraction of sp³-hybridized carbons (Fsp3) is 0.524. The van der Waals surface area contributed by atoms with Gasteiger partial charge in [-0.15, -0.1) is 0 Å². The third-order valence-corrected chi connectivity index (χ3v) is 5.57. The van der Waals surface area contributed by atoms with E-state index in [9.17, 15) is 9.59 Å². The zero-order valence-corrected chi connectivity index (χ0v) is 16.7. The lowest BCUT2D eigenvalue weighted by atomic mass is 9.91. The number of carbonyl (C=O) groups excluding carboxylic acids is 2. The number of likely N-dealkylation sites (tertiary alicyclic amines) is 1. The molecule has 3 rings (SSSR count). The first-order valence-electron chi connectivity index (χ1n) is 9.95. The van der Waals surface area contributed by atoms with Gasteiger partial charge in [0.25, 0.3) is 0 Å². The van der Waals surface area contributed by atoms with E-state index < -0.39 is 0 Å². The van der Waals surface area contributed by atoms with Gasteiger partial charge in [0.05, 0.1) is 0 Å². The first-order chi connectivity index (χ1) is 13.5. The van der Waals surface area contributed by atoms with Crippen molar-refractivity contribution in [2.24, 2.45) is 5.92 Å². The van der Waals surface area contributed by atoms with E-state index in [2.05, 4.69) is 10.1 Å². The predicted octanol–water partition coefficient (Wildman–Crippen LogP) is 2.52. The first kappa shape index (κ1) is 20.0. The number of nitrogens with zero attached hydrogens (tertiary/aromatic N) is 5. The second-order valence-electron chi connectivity index (χ2n) is 7.59. The molecule has 1 aliphatic rings. The summed E-state index contributed by atoms with van der Waals surface area (Å²) in [4.78, 5) is 32.7. The molecule has 28 heavy (non-hydrogen) atoms. The van der Waals surface area contributed by atoms with Gasteiger partial charge in [0.15, 0.2) is 0 Å². The van der Waals surface area contributed by atoms with E-state index in [-0.39, 0.29) is 17.9 Å². The van der Waals surface area contributed by atoms with Crippen LogP contribution in [0.5, 0.6) is 0 Å². The van der Waals surface area contributed by atoms with Crippen LogP contribution in [0.3, 0.4) is 0 Å². The smallest absolute Gasteiger partial charge is 0.247 e. The Hall–Kier alpha value is -2.70. The summed E-state index contributed by atoms with van der Waals surface area (Å²) in [6.07, 6.45) is 6.38. The van der Waals surface area contributed by atoms with Gasteiger partial charge in [0.1, 0.15) is 18.7 Å². The van der Waals surface area contributed by atoms with Crippen LogP contribution in [-0.4, -0.2) is 56.5 Å². The summed E-state index contributed by atoms with van der Waals surface area (Å²) >= 11 is 0. The Bertz CT molecular complexity index is 754. The highest BCUT2D eigenvalue weighted by Gasteiger charge is 2.27. The normalized spacial score (nSPS) is 16.0. The van der Waals surface area contributed by atoms with Gasteiger partial charge in [-0.25, -0.2) is 9.67 Å². The maximum absolute atomic E-state index is 12.6. The summed E-state index contributed by atoms with van der Waals surface area (Å²) in [5.74, 6) is 0.768. The Morgan fingerprint density at radius 3 is 2.57 bits per heavy atom. The van der Waals surface area contributed by atoms with Crippen molar-refractivity contribution in [3.05, 3.63) is 48.5 Å². The molecule has 0 bridgehead atoms. The zero-order chi connectivity index (χ0) is 19.9. The zero-order valence-electron chi connectivity index (χ0n) is 16.7. The highest BCUT2D eigenvalue weighted by Crippen LogP contribution is 2.24. The lowest BCUT2D eigenvalue weighted by Gasteiger charge is -2.33. The van der Waals surface area contributed by atoms with Gasteiger partial charge in [-0.2, -0.15) is 5.10 Å². The van der Waals surface area contributed by atoms with Crippen molar-refractivity contribution in [1.29, 1.82) is 0 Å². The summed E-state index contributed by atoms with van der Waals surface area (Å²) in [6, 6.07) is 9.72. The molecule has 0 radical (unpaired) electrons. The first-order valence-corrected chi connectivity index (χ1v) is 9.95. The van der Waals surface area contributed by atoms with E-state index in [1.54, 1.807) is 15.9 Å². The van der Waals surface area contributed by atoms with Crippen LogP contribution in [-0.2, 0) is 16.1 Å². The summed E-state index contributed by atoms with van der Waals surface area (Å²) in [7, 11) is 1.86. The van der Waals surface area contributed by atoms with E-state index in [4.69, 9.17) is 0 Å². The monoisotopic (exact) mass is 383 g/mol. The Morgan fingerprint density at radius 2 is 1.93 bits per heavy atom. The van der Waals surface area contributed by atoms with Crippen molar-refractivity contribution in [2.75, 3.05) is 20.1 Å². The highest BCUT2D eigenvalue weighted by molar-refractivity contribution is 5.80. The van der Waals surface area contributed by atoms with Crippen LogP contribution < -0.4 is 0 Å². The molecule has 1 aromatic heterocycles. The summed E-state index contributed by atoms with van der Waals surface area (Å²) in [6.45, 7) is 3.99. The van der Waals surface area contributed by atoms with Crippen molar-refractivity contribution >= 4 is 11.8 Å². The molecule has 1 atom stereocenters. The molecule has 2 heterocycles. The average Bonchev–Trinajstić information content (AvgIpc) is 3.27. The van der Waals surface area contributed by atoms with Gasteiger partial charge in [-0.05, 0) is 37.7 Å². The van der Waals surface area contributed by atoms with Crippen molar-refractivity contribution < 1.29 is 9.59 Å².